The van der Waals surface area contributed by atoms with Gasteiger partial charge in [-0.15, -0.1) is 0 Å². The van der Waals surface area contributed by atoms with Gasteiger partial charge in [-0.25, -0.2) is 0 Å². The number of hydrogen-bond acceptors (Lipinski definition) is 11. The molecule has 0 radical (unpaired) electrons. The minimum atomic E-state index is -0.437. The summed E-state index contributed by atoms with van der Waals surface area (Å²) >= 11 is 6.05. The monoisotopic (exact) mass is 787 g/mol. The van der Waals surface area contributed by atoms with E-state index in [1.165, 1.54) is 0 Å². The summed E-state index contributed by atoms with van der Waals surface area (Å²) in [6.07, 6.45) is 6.90. The van der Waals surface area contributed by atoms with Crippen molar-refractivity contribution in [3.05, 3.63) is 116 Å². The van der Waals surface area contributed by atoms with Crippen molar-refractivity contribution in [2.45, 2.75) is 90.1 Å². The molecule has 56 heavy (non-hydrogen) atoms. The first-order chi connectivity index (χ1) is 27.3. The van der Waals surface area contributed by atoms with Crippen LogP contribution in [0, 0.1) is 0 Å². The average Bonchev–Trinajstić information content (AvgIpc) is 3.73. The highest BCUT2D eigenvalue weighted by Gasteiger charge is 2.27. The Kier molecular flexibility index (Phi) is 14.5. The summed E-state index contributed by atoms with van der Waals surface area (Å²) < 4.78 is 17.7. The number of oxime groups is 1. The fourth-order valence-corrected chi connectivity index (χ4v) is 7.26. The van der Waals surface area contributed by atoms with Crippen molar-refractivity contribution in [2.24, 2.45) is 5.16 Å². The maximum absolute atomic E-state index is 12.6. The first-order valence-electron chi connectivity index (χ1n) is 19.1. The third kappa shape index (κ3) is 9.93. The van der Waals surface area contributed by atoms with Crippen molar-refractivity contribution in [1.29, 1.82) is 0 Å². The molecular weight excluding hydrogens is 738 g/mol. The van der Waals surface area contributed by atoms with Crippen LogP contribution in [0.3, 0.4) is 0 Å². The van der Waals surface area contributed by atoms with Crippen LogP contribution in [-0.2, 0) is 31.3 Å². The maximum atomic E-state index is 12.6. The standard InChI is InChI=1S/C43H50ClN3O9/c1-53-39-14-9-27(37-22-40(56-47-37)29-18-30(23-48)35(26-51)31(19-29)24-49)20-41(39)55-16-8-6-4-2-3-5-7-15-54-38-13-10-28(17-32(38)25-50)42-45-36-12-11-33(44)21-34(36)43(52)46-42/h9-14,17-21,40,42,45,48-51H,2-8,15-16,22-26H2,1H3,(H,46,52). The van der Waals surface area contributed by atoms with E-state index in [1.54, 1.807) is 37.4 Å². The van der Waals surface area contributed by atoms with Gasteiger partial charge in [0.15, 0.2) is 17.6 Å². The third-order valence-electron chi connectivity index (χ3n) is 10.2. The van der Waals surface area contributed by atoms with E-state index in [0.29, 0.717) is 75.4 Å². The second-order valence-electron chi connectivity index (χ2n) is 13.9. The van der Waals surface area contributed by atoms with Crippen LogP contribution in [-0.4, -0.2) is 52.4 Å². The Morgan fingerprint density at radius 3 is 2.02 bits per heavy atom. The molecule has 6 N–H and O–H groups in total. The molecule has 12 nitrogen and oxygen atoms in total. The molecule has 0 saturated heterocycles. The number of unbranched alkanes of at least 4 members (excludes halogenated alkanes) is 6. The zero-order valence-corrected chi connectivity index (χ0v) is 32.3. The Balaban J connectivity index is 0.881. The molecule has 2 aliphatic rings. The van der Waals surface area contributed by atoms with E-state index in [4.69, 9.17) is 30.6 Å². The normalized spacial score (nSPS) is 16.0. The van der Waals surface area contributed by atoms with Gasteiger partial charge >= 0.3 is 0 Å². The van der Waals surface area contributed by atoms with E-state index in [9.17, 15) is 25.2 Å². The van der Waals surface area contributed by atoms with Crippen molar-refractivity contribution in [1.82, 2.24) is 5.32 Å². The number of fused-ring (bicyclic) bond motifs is 1. The van der Waals surface area contributed by atoms with Gasteiger partial charge in [0.25, 0.3) is 5.91 Å². The molecule has 2 atom stereocenters. The lowest BCUT2D eigenvalue weighted by atomic mass is 9.93. The predicted molar refractivity (Wildman–Crippen MR) is 213 cm³/mol. The molecule has 0 bridgehead atoms. The molecule has 0 saturated carbocycles. The summed E-state index contributed by atoms with van der Waals surface area (Å²) in [6, 6.07) is 20.0. The third-order valence-corrected chi connectivity index (χ3v) is 10.4. The number of aliphatic hydroxyl groups is 4. The number of nitrogens with one attached hydrogen (secondary N) is 2. The average molecular weight is 788 g/mol. The van der Waals surface area contributed by atoms with Gasteiger partial charge in [-0.2, -0.15) is 0 Å². The van der Waals surface area contributed by atoms with Gasteiger partial charge in [0.1, 0.15) is 11.9 Å². The lowest BCUT2D eigenvalue weighted by Crippen LogP contribution is -2.38. The van der Waals surface area contributed by atoms with Crippen molar-refractivity contribution in [3.63, 3.8) is 0 Å². The van der Waals surface area contributed by atoms with Crippen LogP contribution in [0.1, 0.15) is 113 Å². The molecule has 0 spiro atoms. The Morgan fingerprint density at radius 2 is 1.36 bits per heavy atom. The van der Waals surface area contributed by atoms with Gasteiger partial charge < -0.3 is 50.1 Å². The lowest BCUT2D eigenvalue weighted by Gasteiger charge is -2.28. The Bertz CT molecular complexity index is 1980. The van der Waals surface area contributed by atoms with Crippen LogP contribution in [0.15, 0.2) is 71.9 Å². The number of halogens is 1. The number of methoxy groups -OCH3 is 1. The van der Waals surface area contributed by atoms with E-state index in [-0.39, 0.29) is 38.4 Å². The Labute approximate surface area is 332 Å². The summed E-state index contributed by atoms with van der Waals surface area (Å²) in [5, 5.41) is 50.5. The molecule has 2 heterocycles. The highest BCUT2D eigenvalue weighted by molar-refractivity contribution is 6.31. The fourth-order valence-electron chi connectivity index (χ4n) is 7.08. The van der Waals surface area contributed by atoms with E-state index in [2.05, 4.69) is 15.8 Å². The number of carbonyl (C=O) groups is 1. The number of ether oxygens (including phenoxy) is 3. The highest BCUT2D eigenvalue weighted by atomic mass is 35.5. The molecule has 0 aromatic heterocycles. The Hall–Kier alpha value is -4.85. The molecular formula is C43H50ClN3O9. The highest BCUT2D eigenvalue weighted by Crippen LogP contribution is 2.36. The molecule has 4 aromatic carbocycles. The molecule has 298 valence electrons. The zero-order chi connectivity index (χ0) is 39.4. The zero-order valence-electron chi connectivity index (χ0n) is 31.6. The second kappa shape index (κ2) is 19.8. The predicted octanol–water partition coefficient (Wildman–Crippen LogP) is 7.23. The minimum absolute atomic E-state index is 0.175. The number of amides is 1. The quantitative estimate of drug-likeness (QED) is 0.0503. The molecule has 4 aromatic rings. The molecule has 0 aliphatic carbocycles. The van der Waals surface area contributed by atoms with Gasteiger partial charge in [-0.1, -0.05) is 54.9 Å². The molecule has 2 aliphatic heterocycles. The van der Waals surface area contributed by atoms with Gasteiger partial charge in [0.2, 0.25) is 0 Å². The first-order valence-corrected chi connectivity index (χ1v) is 19.5. The van der Waals surface area contributed by atoms with Crippen molar-refractivity contribution < 1.29 is 44.3 Å². The van der Waals surface area contributed by atoms with Gasteiger partial charge in [0, 0.05) is 28.3 Å². The maximum Gasteiger partial charge on any atom is 0.255 e. The van der Waals surface area contributed by atoms with Crippen LogP contribution in [0.4, 0.5) is 5.69 Å². The number of nitrogens with zero attached hydrogens (tertiary/aromatic N) is 1. The summed E-state index contributed by atoms with van der Waals surface area (Å²) in [5.74, 6) is 1.71. The fraction of sp³-hybridized carbons (Fsp3) is 0.395. The van der Waals surface area contributed by atoms with Crippen molar-refractivity contribution in [3.8, 4) is 17.2 Å². The van der Waals surface area contributed by atoms with Crippen LogP contribution in [0.25, 0.3) is 0 Å². The Morgan fingerprint density at radius 1 is 0.714 bits per heavy atom. The lowest BCUT2D eigenvalue weighted by molar-refractivity contribution is 0.0853. The van der Waals surface area contributed by atoms with Gasteiger partial charge in [-0.3, -0.25) is 4.79 Å². The van der Waals surface area contributed by atoms with Crippen LogP contribution in [0.5, 0.6) is 17.2 Å². The number of carbonyl (C=O) groups excluding carboxylic acids is 1. The number of aliphatic hydroxyl groups excluding tert-OH is 4. The van der Waals surface area contributed by atoms with Crippen molar-refractivity contribution >= 4 is 28.9 Å². The van der Waals surface area contributed by atoms with Crippen molar-refractivity contribution in [2.75, 3.05) is 25.6 Å². The molecule has 1 amide bonds. The number of anilines is 1. The topological polar surface area (TPSA) is 171 Å². The number of hydrogen-bond donors (Lipinski definition) is 6. The summed E-state index contributed by atoms with van der Waals surface area (Å²) in [4.78, 5) is 18.4. The van der Waals surface area contributed by atoms with E-state index >= 15 is 0 Å². The van der Waals surface area contributed by atoms with Crippen LogP contribution in [0.2, 0.25) is 5.02 Å². The van der Waals surface area contributed by atoms with E-state index in [0.717, 1.165) is 67.3 Å². The number of benzene rings is 4. The minimum Gasteiger partial charge on any atom is -0.493 e. The summed E-state index contributed by atoms with van der Waals surface area (Å²) in [6.45, 7) is 0.158. The van der Waals surface area contributed by atoms with E-state index in [1.807, 2.05) is 36.4 Å². The smallest absolute Gasteiger partial charge is 0.255 e. The molecule has 6 rings (SSSR count). The first kappa shape index (κ1) is 40.8. The van der Waals surface area contributed by atoms with Gasteiger partial charge in [-0.05, 0) is 101 Å². The summed E-state index contributed by atoms with van der Waals surface area (Å²) in [7, 11) is 1.61. The largest absolute Gasteiger partial charge is 0.493 e. The van der Waals surface area contributed by atoms with Crippen LogP contribution >= 0.6 is 11.6 Å². The van der Waals surface area contributed by atoms with Crippen LogP contribution < -0.4 is 24.8 Å². The molecule has 0 fully saturated rings. The second-order valence-corrected chi connectivity index (χ2v) is 14.4. The molecule has 13 heteroatoms. The summed E-state index contributed by atoms with van der Waals surface area (Å²) in [5.41, 5.74) is 6.71. The SMILES string of the molecule is COc1ccc(C2=NOC(c3cc(CO)c(CO)c(CO)c3)C2)cc1OCCCCCCCCCOc1ccc(C2NC(=O)c3cc(Cl)ccc3N2)cc1CO. The van der Waals surface area contributed by atoms with Gasteiger partial charge in [0.05, 0.1) is 58.0 Å². The molecule has 2 unspecified atom stereocenters. The number of rotatable bonds is 20. The van der Waals surface area contributed by atoms with E-state index < -0.39 is 6.17 Å².